The summed E-state index contributed by atoms with van der Waals surface area (Å²) < 4.78 is 2.58. The smallest absolute Gasteiger partial charge is 0.266 e. The Morgan fingerprint density at radius 3 is 2.31 bits per heavy atom. The number of carbonyl (C=O) groups excluding carboxylic acids is 1. The topological polar surface area (TPSA) is 55.2 Å². The summed E-state index contributed by atoms with van der Waals surface area (Å²) in [6.07, 6.45) is 0. The minimum absolute atomic E-state index is 0.0901. The van der Waals surface area contributed by atoms with E-state index in [-0.39, 0.29) is 17.4 Å². The van der Waals surface area contributed by atoms with Gasteiger partial charge in [-0.15, -0.1) is 0 Å². The van der Waals surface area contributed by atoms with Crippen LogP contribution in [0.15, 0.2) is 76.0 Å². The van der Waals surface area contributed by atoms with Crippen molar-refractivity contribution >= 4 is 32.7 Å². The van der Waals surface area contributed by atoms with Crippen molar-refractivity contribution in [3.63, 3.8) is 0 Å². The van der Waals surface area contributed by atoms with Gasteiger partial charge in [0.1, 0.15) is 5.82 Å². The summed E-state index contributed by atoms with van der Waals surface area (Å²) in [7, 11) is 0. The van der Waals surface area contributed by atoms with E-state index in [0.717, 1.165) is 21.3 Å². The minimum Gasteiger partial charge on any atom is -0.328 e. The van der Waals surface area contributed by atoms with E-state index in [0.29, 0.717) is 28.8 Å². The van der Waals surface area contributed by atoms with Gasteiger partial charge < -0.3 is 4.90 Å². The van der Waals surface area contributed by atoms with Crippen LogP contribution in [0.4, 0.5) is 0 Å². The molecule has 1 unspecified atom stereocenters. The lowest BCUT2D eigenvalue weighted by Crippen LogP contribution is -2.39. The number of hydrogen-bond donors (Lipinski definition) is 0. The molecule has 1 heterocycles. The van der Waals surface area contributed by atoms with Crippen molar-refractivity contribution in [2.45, 2.75) is 40.7 Å². The Bertz CT molecular complexity index is 1440. The summed E-state index contributed by atoms with van der Waals surface area (Å²) >= 11 is 3.44. The molecule has 0 spiro atoms. The van der Waals surface area contributed by atoms with Crippen LogP contribution in [-0.2, 0) is 0 Å². The first-order chi connectivity index (χ1) is 16.7. The van der Waals surface area contributed by atoms with Gasteiger partial charge in [-0.25, -0.2) is 4.98 Å². The van der Waals surface area contributed by atoms with E-state index in [1.165, 1.54) is 0 Å². The molecule has 0 N–H and O–H groups in total. The average molecular weight is 532 g/mol. The Balaban J connectivity index is 1.93. The van der Waals surface area contributed by atoms with Crippen LogP contribution >= 0.6 is 15.9 Å². The first-order valence-electron chi connectivity index (χ1n) is 11.8. The molecule has 1 amide bonds. The summed E-state index contributed by atoms with van der Waals surface area (Å²) in [5, 5.41) is 0.552. The Kier molecular flexibility index (Phi) is 7.22. The quantitative estimate of drug-likeness (QED) is 0.280. The lowest BCUT2D eigenvalue weighted by atomic mass is 10.1. The molecule has 0 radical (unpaired) electrons. The summed E-state index contributed by atoms with van der Waals surface area (Å²) in [4.78, 5) is 34.2. The van der Waals surface area contributed by atoms with Gasteiger partial charge in [0.15, 0.2) is 0 Å². The van der Waals surface area contributed by atoms with Crippen molar-refractivity contribution in [1.82, 2.24) is 14.5 Å². The predicted molar refractivity (Wildman–Crippen MR) is 145 cm³/mol. The zero-order valence-corrected chi connectivity index (χ0v) is 22.3. The molecule has 1 aromatic heterocycles. The SMILES string of the molecule is Cc1ccc(-n2c(C(C)N(CC(C)C)C(=O)c3ccc(Br)cc3)nc3ccccc3c2=O)cc1C. The number of halogens is 1. The van der Waals surface area contributed by atoms with Crippen molar-refractivity contribution in [2.24, 2.45) is 5.92 Å². The Morgan fingerprint density at radius 2 is 1.66 bits per heavy atom. The Morgan fingerprint density at radius 1 is 0.971 bits per heavy atom. The van der Waals surface area contributed by atoms with Crippen molar-refractivity contribution in [3.05, 3.63) is 104 Å². The second-order valence-corrected chi connectivity index (χ2v) is 10.3. The van der Waals surface area contributed by atoms with E-state index in [4.69, 9.17) is 4.98 Å². The molecular weight excluding hydrogens is 502 g/mol. The maximum Gasteiger partial charge on any atom is 0.266 e. The van der Waals surface area contributed by atoms with Crippen LogP contribution in [0.2, 0.25) is 0 Å². The lowest BCUT2D eigenvalue weighted by molar-refractivity contribution is 0.0655. The molecule has 0 saturated heterocycles. The molecule has 0 aliphatic carbocycles. The molecule has 6 heteroatoms. The van der Waals surface area contributed by atoms with E-state index < -0.39 is 6.04 Å². The van der Waals surface area contributed by atoms with E-state index in [9.17, 15) is 9.59 Å². The highest BCUT2D eigenvalue weighted by molar-refractivity contribution is 9.10. The number of fused-ring (bicyclic) bond motifs is 1. The highest BCUT2D eigenvalue weighted by Gasteiger charge is 2.28. The maximum absolute atomic E-state index is 13.8. The fraction of sp³-hybridized carbons (Fsp3) is 0.276. The molecule has 4 aromatic rings. The molecular formula is C29H30BrN3O2. The van der Waals surface area contributed by atoms with Gasteiger partial charge in [-0.3, -0.25) is 14.2 Å². The van der Waals surface area contributed by atoms with Crippen LogP contribution in [0.5, 0.6) is 0 Å². The summed E-state index contributed by atoms with van der Waals surface area (Å²) in [6.45, 7) is 10.7. The van der Waals surface area contributed by atoms with Gasteiger partial charge in [0.25, 0.3) is 11.5 Å². The lowest BCUT2D eigenvalue weighted by Gasteiger charge is -2.32. The van der Waals surface area contributed by atoms with Crippen LogP contribution in [0.1, 0.15) is 54.1 Å². The van der Waals surface area contributed by atoms with Crippen molar-refractivity contribution in [1.29, 1.82) is 0 Å². The highest BCUT2D eigenvalue weighted by atomic mass is 79.9. The van der Waals surface area contributed by atoms with Gasteiger partial charge >= 0.3 is 0 Å². The number of rotatable bonds is 6. The van der Waals surface area contributed by atoms with E-state index in [2.05, 4.69) is 29.8 Å². The zero-order chi connectivity index (χ0) is 25.3. The molecule has 1 atom stereocenters. The molecule has 5 nitrogen and oxygen atoms in total. The monoisotopic (exact) mass is 531 g/mol. The molecule has 180 valence electrons. The van der Waals surface area contributed by atoms with Crippen LogP contribution in [-0.4, -0.2) is 26.9 Å². The third-order valence-corrected chi connectivity index (χ3v) is 6.83. The van der Waals surface area contributed by atoms with Gasteiger partial charge in [0.05, 0.1) is 22.6 Å². The largest absolute Gasteiger partial charge is 0.328 e. The van der Waals surface area contributed by atoms with Gasteiger partial charge in [0.2, 0.25) is 0 Å². The third-order valence-electron chi connectivity index (χ3n) is 6.31. The number of aryl methyl sites for hydroxylation is 2. The number of nitrogens with zero attached hydrogens (tertiary/aromatic N) is 3. The third kappa shape index (κ3) is 5.08. The summed E-state index contributed by atoms with van der Waals surface area (Å²) in [5.74, 6) is 0.690. The van der Waals surface area contributed by atoms with E-state index in [1.54, 1.807) is 10.6 Å². The molecule has 0 aliphatic rings. The first kappa shape index (κ1) is 24.9. The van der Waals surface area contributed by atoms with Gasteiger partial charge in [-0.2, -0.15) is 0 Å². The molecule has 35 heavy (non-hydrogen) atoms. The predicted octanol–water partition coefficient (Wildman–Crippen LogP) is 6.62. The van der Waals surface area contributed by atoms with Crippen molar-refractivity contribution in [2.75, 3.05) is 6.54 Å². The molecule has 4 rings (SSSR count). The van der Waals surface area contributed by atoms with E-state index >= 15 is 0 Å². The van der Waals surface area contributed by atoms with Crippen LogP contribution in [0.25, 0.3) is 16.6 Å². The van der Waals surface area contributed by atoms with Crippen LogP contribution in [0.3, 0.4) is 0 Å². The zero-order valence-electron chi connectivity index (χ0n) is 20.7. The standard InChI is InChI=1S/C29H30BrN3O2/c1-18(2)17-32(28(34)22-11-13-23(30)14-12-22)21(5)27-31-26-9-7-6-8-25(26)29(35)33(27)24-15-10-19(3)20(4)16-24/h6-16,18,21H,17H2,1-5H3. The van der Waals surface area contributed by atoms with Crippen LogP contribution in [0, 0.1) is 19.8 Å². The Labute approximate surface area is 214 Å². The van der Waals surface area contributed by atoms with E-state index in [1.807, 2.05) is 86.3 Å². The Hall–Kier alpha value is -3.25. The van der Waals surface area contributed by atoms with Crippen LogP contribution < -0.4 is 5.56 Å². The maximum atomic E-state index is 13.8. The molecule has 0 saturated carbocycles. The summed E-state index contributed by atoms with van der Waals surface area (Å²) in [6, 6.07) is 20.3. The minimum atomic E-state index is -0.438. The second kappa shape index (κ2) is 10.2. The van der Waals surface area contributed by atoms with Gasteiger partial charge in [-0.1, -0.05) is 48.0 Å². The van der Waals surface area contributed by atoms with Crippen molar-refractivity contribution < 1.29 is 4.79 Å². The number of benzene rings is 3. The fourth-order valence-electron chi connectivity index (χ4n) is 4.25. The average Bonchev–Trinajstić information content (AvgIpc) is 2.84. The number of hydrogen-bond acceptors (Lipinski definition) is 3. The normalized spacial score (nSPS) is 12.2. The molecule has 0 fully saturated rings. The number of amides is 1. The number of aromatic nitrogens is 2. The molecule has 3 aromatic carbocycles. The second-order valence-electron chi connectivity index (χ2n) is 9.43. The first-order valence-corrected chi connectivity index (χ1v) is 12.6. The summed E-state index contributed by atoms with van der Waals surface area (Å²) in [5.41, 5.74) is 4.07. The number of para-hydroxylation sites is 1. The highest BCUT2D eigenvalue weighted by Crippen LogP contribution is 2.26. The van der Waals surface area contributed by atoms with Gasteiger partial charge in [-0.05, 0) is 86.3 Å². The molecule has 0 aliphatic heterocycles. The van der Waals surface area contributed by atoms with Gasteiger partial charge in [0, 0.05) is 16.6 Å². The fourth-order valence-corrected chi connectivity index (χ4v) is 4.52. The number of carbonyl (C=O) groups is 1. The molecule has 0 bridgehead atoms. The van der Waals surface area contributed by atoms with Crippen molar-refractivity contribution in [3.8, 4) is 5.69 Å².